The van der Waals surface area contributed by atoms with Crippen LogP contribution < -0.4 is 5.32 Å². The Bertz CT molecular complexity index is 546. The monoisotopic (exact) mass is 244 g/mol. The fourth-order valence-corrected chi connectivity index (χ4v) is 2.72. The summed E-state index contributed by atoms with van der Waals surface area (Å²) in [7, 11) is 0. The highest BCUT2D eigenvalue weighted by Gasteiger charge is 2.18. The van der Waals surface area contributed by atoms with E-state index < -0.39 is 0 Å². The molecule has 1 aliphatic heterocycles. The van der Waals surface area contributed by atoms with Crippen molar-refractivity contribution in [2.75, 3.05) is 19.6 Å². The average Bonchev–Trinajstić information content (AvgIpc) is 2.66. The van der Waals surface area contributed by atoms with E-state index in [1.165, 1.54) is 5.69 Å². The Balaban J connectivity index is 1.87. The SMILES string of the molecule is Cc1nc2ccccn2c1CN1CCNC(C)C1. The Morgan fingerprint density at radius 1 is 1.44 bits per heavy atom. The Morgan fingerprint density at radius 2 is 2.33 bits per heavy atom. The van der Waals surface area contributed by atoms with Gasteiger partial charge in [-0.15, -0.1) is 0 Å². The van der Waals surface area contributed by atoms with E-state index in [-0.39, 0.29) is 0 Å². The summed E-state index contributed by atoms with van der Waals surface area (Å²) in [6.07, 6.45) is 2.11. The van der Waals surface area contributed by atoms with Crippen molar-refractivity contribution in [2.24, 2.45) is 0 Å². The molecular weight excluding hydrogens is 224 g/mol. The average molecular weight is 244 g/mol. The van der Waals surface area contributed by atoms with Crippen molar-refractivity contribution >= 4 is 5.65 Å². The minimum Gasteiger partial charge on any atom is -0.312 e. The third kappa shape index (κ3) is 2.13. The molecule has 3 rings (SSSR count). The molecule has 1 N–H and O–H groups in total. The van der Waals surface area contributed by atoms with Gasteiger partial charge in [0.1, 0.15) is 5.65 Å². The van der Waals surface area contributed by atoms with E-state index in [1.54, 1.807) is 0 Å². The molecule has 1 aliphatic rings. The van der Waals surface area contributed by atoms with Crippen molar-refractivity contribution in [1.29, 1.82) is 0 Å². The Hall–Kier alpha value is -1.39. The first-order valence-electron chi connectivity index (χ1n) is 6.62. The quantitative estimate of drug-likeness (QED) is 0.867. The van der Waals surface area contributed by atoms with Crippen LogP contribution in [0.5, 0.6) is 0 Å². The zero-order valence-electron chi connectivity index (χ0n) is 11.1. The number of hydrogen-bond donors (Lipinski definition) is 1. The molecule has 3 heterocycles. The number of nitrogens with zero attached hydrogens (tertiary/aromatic N) is 3. The summed E-state index contributed by atoms with van der Waals surface area (Å²) in [6, 6.07) is 6.76. The van der Waals surface area contributed by atoms with Crippen LogP contribution in [-0.4, -0.2) is 40.0 Å². The zero-order valence-corrected chi connectivity index (χ0v) is 11.1. The smallest absolute Gasteiger partial charge is 0.137 e. The number of rotatable bonds is 2. The van der Waals surface area contributed by atoms with Crippen molar-refractivity contribution in [3.8, 4) is 0 Å². The number of aromatic nitrogens is 2. The summed E-state index contributed by atoms with van der Waals surface area (Å²) in [5.74, 6) is 0. The number of nitrogens with one attached hydrogen (secondary N) is 1. The molecule has 1 atom stereocenters. The maximum atomic E-state index is 4.62. The summed E-state index contributed by atoms with van der Waals surface area (Å²) < 4.78 is 2.21. The van der Waals surface area contributed by atoms with Gasteiger partial charge in [-0.05, 0) is 26.0 Å². The van der Waals surface area contributed by atoms with Crippen LogP contribution in [-0.2, 0) is 6.54 Å². The molecule has 0 aromatic carbocycles. The van der Waals surface area contributed by atoms with Gasteiger partial charge in [-0.1, -0.05) is 6.07 Å². The molecule has 4 heteroatoms. The first kappa shape index (κ1) is 11.7. The van der Waals surface area contributed by atoms with Gasteiger partial charge in [-0.25, -0.2) is 4.98 Å². The van der Waals surface area contributed by atoms with Crippen LogP contribution >= 0.6 is 0 Å². The summed E-state index contributed by atoms with van der Waals surface area (Å²) in [5, 5.41) is 3.48. The van der Waals surface area contributed by atoms with Crippen LogP contribution in [0, 0.1) is 6.92 Å². The largest absolute Gasteiger partial charge is 0.312 e. The van der Waals surface area contributed by atoms with Gasteiger partial charge in [0.25, 0.3) is 0 Å². The molecule has 96 valence electrons. The second-order valence-corrected chi connectivity index (χ2v) is 5.16. The van der Waals surface area contributed by atoms with Gasteiger partial charge in [0.2, 0.25) is 0 Å². The second-order valence-electron chi connectivity index (χ2n) is 5.16. The molecule has 0 aliphatic carbocycles. The van der Waals surface area contributed by atoms with Crippen molar-refractivity contribution in [2.45, 2.75) is 26.4 Å². The lowest BCUT2D eigenvalue weighted by Crippen LogP contribution is -2.48. The minimum atomic E-state index is 0.582. The lowest BCUT2D eigenvalue weighted by atomic mass is 10.2. The third-order valence-corrected chi connectivity index (χ3v) is 3.66. The van der Waals surface area contributed by atoms with E-state index >= 15 is 0 Å². The van der Waals surface area contributed by atoms with E-state index in [0.29, 0.717) is 6.04 Å². The summed E-state index contributed by atoms with van der Waals surface area (Å²) >= 11 is 0. The molecule has 0 spiro atoms. The number of imidazole rings is 1. The van der Waals surface area contributed by atoms with E-state index in [4.69, 9.17) is 0 Å². The van der Waals surface area contributed by atoms with Crippen molar-refractivity contribution in [1.82, 2.24) is 19.6 Å². The number of hydrogen-bond acceptors (Lipinski definition) is 3. The molecule has 0 bridgehead atoms. The van der Waals surface area contributed by atoms with Gasteiger partial charge in [0.05, 0.1) is 11.4 Å². The lowest BCUT2D eigenvalue weighted by Gasteiger charge is -2.31. The standard InChI is InChI=1S/C14H20N4/c1-11-9-17(8-6-15-11)10-13-12(2)16-14-5-3-4-7-18(13)14/h3-5,7,11,15H,6,8-10H2,1-2H3. The first-order valence-corrected chi connectivity index (χ1v) is 6.62. The number of fused-ring (bicyclic) bond motifs is 1. The highest BCUT2D eigenvalue weighted by Crippen LogP contribution is 2.15. The van der Waals surface area contributed by atoms with Crippen molar-refractivity contribution in [3.05, 3.63) is 35.8 Å². The summed E-state index contributed by atoms with van der Waals surface area (Å²) in [5.41, 5.74) is 3.51. The Kier molecular flexibility index (Phi) is 3.06. The van der Waals surface area contributed by atoms with Crippen LogP contribution in [0.15, 0.2) is 24.4 Å². The zero-order chi connectivity index (χ0) is 12.5. The summed E-state index contributed by atoms with van der Waals surface area (Å²) in [6.45, 7) is 8.64. The van der Waals surface area contributed by atoms with Gasteiger partial charge in [-0.3, -0.25) is 4.90 Å². The van der Waals surface area contributed by atoms with Gasteiger partial charge in [0, 0.05) is 38.4 Å². The summed E-state index contributed by atoms with van der Waals surface area (Å²) in [4.78, 5) is 7.12. The molecule has 1 saturated heterocycles. The molecule has 2 aromatic rings. The van der Waals surface area contributed by atoms with Crippen LogP contribution in [0.3, 0.4) is 0 Å². The van der Waals surface area contributed by atoms with E-state index in [0.717, 1.165) is 37.5 Å². The fraction of sp³-hybridized carbons (Fsp3) is 0.500. The highest BCUT2D eigenvalue weighted by atomic mass is 15.2. The second kappa shape index (κ2) is 4.71. The van der Waals surface area contributed by atoms with Crippen LogP contribution in [0.4, 0.5) is 0 Å². The van der Waals surface area contributed by atoms with Gasteiger partial charge >= 0.3 is 0 Å². The maximum Gasteiger partial charge on any atom is 0.137 e. The predicted octanol–water partition coefficient (Wildman–Crippen LogP) is 1.44. The molecule has 4 nitrogen and oxygen atoms in total. The van der Waals surface area contributed by atoms with E-state index in [1.807, 2.05) is 6.07 Å². The van der Waals surface area contributed by atoms with Crippen LogP contribution in [0.2, 0.25) is 0 Å². The molecule has 18 heavy (non-hydrogen) atoms. The van der Waals surface area contributed by atoms with Gasteiger partial charge in [0.15, 0.2) is 0 Å². The molecule has 2 aromatic heterocycles. The third-order valence-electron chi connectivity index (χ3n) is 3.66. The minimum absolute atomic E-state index is 0.582. The van der Waals surface area contributed by atoms with Gasteiger partial charge < -0.3 is 9.72 Å². The fourth-order valence-electron chi connectivity index (χ4n) is 2.72. The van der Waals surface area contributed by atoms with E-state index in [2.05, 4.69) is 51.8 Å². The molecular formula is C14H20N4. The Labute approximate surface area is 108 Å². The van der Waals surface area contributed by atoms with Crippen LogP contribution in [0.1, 0.15) is 18.3 Å². The number of piperazine rings is 1. The maximum absolute atomic E-state index is 4.62. The number of aryl methyl sites for hydroxylation is 1. The first-order chi connectivity index (χ1) is 8.74. The normalized spacial score (nSPS) is 21.6. The van der Waals surface area contributed by atoms with Crippen molar-refractivity contribution in [3.63, 3.8) is 0 Å². The molecule has 0 saturated carbocycles. The topological polar surface area (TPSA) is 32.6 Å². The molecule has 1 unspecified atom stereocenters. The highest BCUT2D eigenvalue weighted by molar-refractivity contribution is 5.42. The van der Waals surface area contributed by atoms with Gasteiger partial charge in [-0.2, -0.15) is 0 Å². The molecule has 0 amide bonds. The van der Waals surface area contributed by atoms with Crippen LogP contribution in [0.25, 0.3) is 5.65 Å². The Morgan fingerprint density at radius 3 is 3.17 bits per heavy atom. The lowest BCUT2D eigenvalue weighted by molar-refractivity contribution is 0.197. The van der Waals surface area contributed by atoms with Crippen molar-refractivity contribution < 1.29 is 0 Å². The number of pyridine rings is 1. The predicted molar refractivity (Wildman–Crippen MR) is 72.7 cm³/mol. The molecule has 1 fully saturated rings. The molecule has 0 radical (unpaired) electrons. The van der Waals surface area contributed by atoms with E-state index in [9.17, 15) is 0 Å².